The van der Waals surface area contributed by atoms with E-state index in [1.54, 1.807) is 12.4 Å². The molecule has 0 atom stereocenters. The minimum atomic E-state index is -0.463. The lowest BCUT2D eigenvalue weighted by molar-refractivity contribution is 0.00578. The fourth-order valence-electron chi connectivity index (χ4n) is 2.70. The highest BCUT2D eigenvalue weighted by Crippen LogP contribution is 2.36. The zero-order chi connectivity index (χ0) is 18.2. The molecular formula is C18H23BN4O2. The van der Waals surface area contributed by atoms with E-state index < -0.39 is 18.3 Å². The van der Waals surface area contributed by atoms with E-state index >= 15 is 0 Å². The minimum absolute atomic E-state index is 0.350. The van der Waals surface area contributed by atoms with Crippen LogP contribution in [0.1, 0.15) is 38.8 Å². The van der Waals surface area contributed by atoms with E-state index in [9.17, 15) is 0 Å². The van der Waals surface area contributed by atoms with Crippen LogP contribution in [0.15, 0.2) is 36.9 Å². The third-order valence-corrected chi connectivity index (χ3v) is 4.96. The molecule has 1 aliphatic rings. The topological polar surface area (TPSA) is 80.1 Å². The zero-order valence-electron chi connectivity index (χ0n) is 15.3. The van der Waals surface area contributed by atoms with Crippen LogP contribution in [-0.4, -0.2) is 41.0 Å². The Morgan fingerprint density at radius 3 is 2.24 bits per heavy atom. The van der Waals surface area contributed by atoms with Gasteiger partial charge in [-0.2, -0.15) is 0 Å². The van der Waals surface area contributed by atoms with Crippen LogP contribution in [-0.2, 0) is 9.31 Å². The summed E-state index contributed by atoms with van der Waals surface area (Å²) >= 11 is 0. The number of rotatable bonds is 4. The molecule has 25 heavy (non-hydrogen) atoms. The third kappa shape index (κ3) is 3.17. The van der Waals surface area contributed by atoms with Gasteiger partial charge in [-0.25, -0.2) is 9.97 Å². The van der Waals surface area contributed by atoms with Gasteiger partial charge in [-0.3, -0.25) is 5.41 Å². The molecule has 0 spiro atoms. The number of anilines is 1. The van der Waals surface area contributed by atoms with Crippen molar-refractivity contribution in [1.29, 1.82) is 5.41 Å². The zero-order valence-corrected chi connectivity index (χ0v) is 15.3. The first-order chi connectivity index (χ1) is 11.7. The van der Waals surface area contributed by atoms with Gasteiger partial charge in [0.2, 0.25) is 0 Å². The van der Waals surface area contributed by atoms with Gasteiger partial charge >= 0.3 is 7.12 Å². The monoisotopic (exact) mass is 338 g/mol. The predicted octanol–water partition coefficient (Wildman–Crippen LogP) is 2.23. The van der Waals surface area contributed by atoms with Crippen molar-refractivity contribution in [3.63, 3.8) is 0 Å². The fraction of sp³-hybridized carbons (Fsp3) is 0.389. The number of nitrogens with zero attached hydrogens (tertiary/aromatic N) is 2. The Morgan fingerprint density at radius 1 is 1.08 bits per heavy atom. The molecule has 0 saturated carbocycles. The summed E-state index contributed by atoms with van der Waals surface area (Å²) in [5, 5.41) is 11.7. The summed E-state index contributed by atoms with van der Waals surface area (Å²) in [7, 11) is 1.37. The largest absolute Gasteiger partial charge is 0.494 e. The Labute approximate surface area is 148 Å². The quantitative estimate of drug-likeness (QED) is 0.660. The molecule has 1 aromatic heterocycles. The van der Waals surface area contributed by atoms with Crippen LogP contribution in [0.5, 0.6) is 0 Å². The van der Waals surface area contributed by atoms with Crippen LogP contribution in [0.25, 0.3) is 0 Å². The van der Waals surface area contributed by atoms with Crippen molar-refractivity contribution in [1.82, 2.24) is 9.97 Å². The molecule has 0 bridgehead atoms. The van der Waals surface area contributed by atoms with E-state index in [0.717, 1.165) is 16.7 Å². The number of benzene rings is 1. The number of hydrogen-bond donors (Lipinski definition) is 2. The maximum absolute atomic E-state index is 8.54. The van der Waals surface area contributed by atoms with Crippen LogP contribution >= 0.6 is 0 Å². The summed E-state index contributed by atoms with van der Waals surface area (Å²) in [6, 6.07) is 5.84. The Kier molecular flexibility index (Phi) is 4.39. The molecule has 7 heteroatoms. The molecule has 0 radical (unpaired) electrons. The molecule has 130 valence electrons. The lowest BCUT2D eigenvalue weighted by Crippen LogP contribution is -2.41. The molecule has 2 heterocycles. The van der Waals surface area contributed by atoms with Gasteiger partial charge in [0.1, 0.15) is 6.33 Å². The van der Waals surface area contributed by atoms with Crippen molar-refractivity contribution in [2.24, 2.45) is 0 Å². The number of hydrogen-bond acceptors (Lipinski definition) is 6. The maximum atomic E-state index is 8.54. The van der Waals surface area contributed by atoms with Gasteiger partial charge in [0.15, 0.2) is 0 Å². The van der Waals surface area contributed by atoms with Crippen LogP contribution < -0.4 is 10.8 Å². The van der Waals surface area contributed by atoms with Gasteiger partial charge in [-0.15, -0.1) is 0 Å². The standard InChI is InChI=1S/C18H23BN4O2/c1-17(2)18(3,4)25-19(24-17)13-6-7-15(21-5)14(8-13)16(20)12-9-22-11-23-10-12/h6-11,20-21H,1-5H3. The average molecular weight is 338 g/mol. The van der Waals surface area contributed by atoms with E-state index in [1.807, 2.05) is 52.9 Å². The molecule has 3 rings (SSSR count). The second kappa shape index (κ2) is 6.24. The molecule has 1 aliphatic heterocycles. The van der Waals surface area contributed by atoms with Crippen LogP contribution in [0.3, 0.4) is 0 Å². The summed E-state index contributed by atoms with van der Waals surface area (Å²) in [6.07, 6.45) is 4.73. The third-order valence-electron chi connectivity index (χ3n) is 4.96. The highest BCUT2D eigenvalue weighted by atomic mass is 16.7. The van der Waals surface area contributed by atoms with Crippen LogP contribution in [0, 0.1) is 5.41 Å². The molecule has 0 aliphatic carbocycles. The number of aromatic nitrogens is 2. The first-order valence-corrected chi connectivity index (χ1v) is 8.27. The highest BCUT2D eigenvalue weighted by Gasteiger charge is 2.51. The first-order valence-electron chi connectivity index (χ1n) is 8.27. The Hall–Kier alpha value is -2.25. The van der Waals surface area contributed by atoms with E-state index in [2.05, 4.69) is 15.3 Å². The predicted molar refractivity (Wildman–Crippen MR) is 99.7 cm³/mol. The molecule has 2 aromatic rings. The molecular weight excluding hydrogens is 315 g/mol. The summed E-state index contributed by atoms with van der Waals surface area (Å²) < 4.78 is 12.3. The molecule has 0 unspecified atom stereocenters. The van der Waals surface area contributed by atoms with Gasteiger partial charge in [0.25, 0.3) is 0 Å². The van der Waals surface area contributed by atoms with Crippen LogP contribution in [0.2, 0.25) is 0 Å². The van der Waals surface area contributed by atoms with Gasteiger partial charge in [-0.1, -0.05) is 12.1 Å². The summed E-state index contributed by atoms with van der Waals surface area (Å²) in [5.41, 5.74) is 2.70. The Balaban J connectivity index is 1.98. The van der Waals surface area contributed by atoms with E-state index in [-0.39, 0.29) is 0 Å². The molecule has 0 amide bonds. The minimum Gasteiger partial charge on any atom is -0.399 e. The molecule has 1 aromatic carbocycles. The van der Waals surface area contributed by atoms with Crippen LogP contribution in [0.4, 0.5) is 5.69 Å². The highest BCUT2D eigenvalue weighted by molar-refractivity contribution is 6.62. The lowest BCUT2D eigenvalue weighted by Gasteiger charge is -2.32. The Morgan fingerprint density at radius 2 is 1.68 bits per heavy atom. The van der Waals surface area contributed by atoms with Crippen molar-refractivity contribution in [2.75, 3.05) is 12.4 Å². The lowest BCUT2D eigenvalue weighted by atomic mass is 9.77. The summed E-state index contributed by atoms with van der Waals surface area (Å²) in [6.45, 7) is 8.11. The van der Waals surface area contributed by atoms with Crippen molar-refractivity contribution in [2.45, 2.75) is 38.9 Å². The van der Waals surface area contributed by atoms with E-state index in [1.165, 1.54) is 6.33 Å². The molecule has 1 fully saturated rings. The summed E-state index contributed by atoms with van der Waals surface area (Å²) in [5.74, 6) is 0. The smallest absolute Gasteiger partial charge is 0.399 e. The molecule has 2 N–H and O–H groups in total. The average Bonchev–Trinajstić information content (AvgIpc) is 2.82. The van der Waals surface area contributed by atoms with Gasteiger partial charge in [0.05, 0.1) is 16.9 Å². The second-order valence-corrected chi connectivity index (χ2v) is 7.15. The Bertz CT molecular complexity index is 777. The van der Waals surface area contributed by atoms with Crippen molar-refractivity contribution < 1.29 is 9.31 Å². The van der Waals surface area contributed by atoms with Crippen molar-refractivity contribution in [3.8, 4) is 0 Å². The van der Waals surface area contributed by atoms with Crippen molar-refractivity contribution in [3.05, 3.63) is 48.0 Å². The SMILES string of the molecule is CNc1ccc(B2OC(C)(C)C(C)(C)O2)cc1C(=N)c1cncnc1. The molecule has 1 saturated heterocycles. The normalized spacial score (nSPS) is 18.2. The molecule has 6 nitrogen and oxygen atoms in total. The van der Waals surface area contributed by atoms with Gasteiger partial charge in [0, 0.05) is 36.3 Å². The number of nitrogens with one attached hydrogen (secondary N) is 2. The van der Waals surface area contributed by atoms with Gasteiger partial charge in [-0.05, 0) is 39.2 Å². The van der Waals surface area contributed by atoms with Gasteiger partial charge < -0.3 is 14.6 Å². The van der Waals surface area contributed by atoms with Crippen molar-refractivity contribution >= 4 is 24.0 Å². The van der Waals surface area contributed by atoms with E-state index in [4.69, 9.17) is 14.7 Å². The van der Waals surface area contributed by atoms with E-state index in [0.29, 0.717) is 11.3 Å². The fourth-order valence-corrected chi connectivity index (χ4v) is 2.70. The maximum Gasteiger partial charge on any atom is 0.494 e. The first kappa shape index (κ1) is 17.6. The second-order valence-electron chi connectivity index (χ2n) is 7.15. The summed E-state index contributed by atoms with van der Waals surface area (Å²) in [4.78, 5) is 8.01.